The summed E-state index contributed by atoms with van der Waals surface area (Å²) in [6, 6.07) is 10.3. The fourth-order valence-corrected chi connectivity index (χ4v) is 1.98. The second kappa shape index (κ2) is 7.87. The van der Waals surface area contributed by atoms with E-state index in [2.05, 4.69) is 4.99 Å². The lowest BCUT2D eigenvalue weighted by atomic mass is 10.1. The van der Waals surface area contributed by atoms with Gasteiger partial charge < -0.3 is 9.84 Å². The van der Waals surface area contributed by atoms with E-state index in [0.717, 1.165) is 0 Å². The predicted molar refractivity (Wildman–Crippen MR) is 89.2 cm³/mol. The first kappa shape index (κ1) is 17.1. The highest BCUT2D eigenvalue weighted by atomic mass is 16.6. The minimum absolute atomic E-state index is 0.129. The third kappa shape index (κ3) is 4.39. The molecule has 1 N–H and O–H groups in total. The number of phenols is 1. The molecule has 0 aromatic heterocycles. The number of nitro benzene ring substituents is 1. The van der Waals surface area contributed by atoms with Gasteiger partial charge in [-0.15, -0.1) is 0 Å². The monoisotopic (exact) mass is 328 g/mol. The van der Waals surface area contributed by atoms with Crippen LogP contribution in [0.25, 0.3) is 0 Å². The highest BCUT2D eigenvalue weighted by Gasteiger charge is 2.09. The smallest absolute Gasteiger partial charge is 0.270 e. The summed E-state index contributed by atoms with van der Waals surface area (Å²) in [5, 5.41) is 20.4. The molecule has 0 heterocycles. The molecule has 0 unspecified atom stereocenters. The second-order valence-electron chi connectivity index (χ2n) is 4.85. The minimum Gasteiger partial charge on any atom is -0.507 e. The molecule has 124 valence electrons. The van der Waals surface area contributed by atoms with Crippen LogP contribution in [0.5, 0.6) is 11.5 Å². The molecule has 7 heteroatoms. The number of ether oxygens (including phenoxy) is 1. The van der Waals surface area contributed by atoms with Crippen molar-refractivity contribution in [2.45, 2.75) is 6.92 Å². The lowest BCUT2D eigenvalue weighted by molar-refractivity contribution is -0.384. The number of carbonyl (C=O) groups excluding carboxylic acids is 1. The molecule has 0 spiro atoms. The maximum Gasteiger partial charge on any atom is 0.270 e. The van der Waals surface area contributed by atoms with Crippen LogP contribution in [-0.2, 0) is 0 Å². The molecule has 0 aliphatic rings. The molecule has 0 amide bonds. The number of benzene rings is 2. The van der Waals surface area contributed by atoms with Crippen molar-refractivity contribution in [2.24, 2.45) is 4.99 Å². The van der Waals surface area contributed by atoms with E-state index in [-0.39, 0.29) is 29.3 Å². The zero-order chi connectivity index (χ0) is 17.5. The molecule has 0 bridgehead atoms. The summed E-state index contributed by atoms with van der Waals surface area (Å²) in [5.74, 6) is 0.330. The SMILES string of the molecule is CCOc1ccc(C(=O)CN=Cc2cc([N+](=O)[O-])ccc2O)cc1. The number of nitro groups is 1. The van der Waals surface area contributed by atoms with Crippen LogP contribution in [0.4, 0.5) is 5.69 Å². The molecule has 0 fully saturated rings. The molecule has 2 aromatic rings. The van der Waals surface area contributed by atoms with Crippen LogP contribution in [0.15, 0.2) is 47.5 Å². The summed E-state index contributed by atoms with van der Waals surface area (Å²) in [6.07, 6.45) is 1.24. The lowest BCUT2D eigenvalue weighted by Gasteiger charge is -2.03. The van der Waals surface area contributed by atoms with Crippen LogP contribution in [0.1, 0.15) is 22.8 Å². The van der Waals surface area contributed by atoms with Gasteiger partial charge in [0.1, 0.15) is 18.0 Å². The third-order valence-corrected chi connectivity index (χ3v) is 3.17. The first-order chi connectivity index (χ1) is 11.5. The van der Waals surface area contributed by atoms with Gasteiger partial charge in [0.2, 0.25) is 0 Å². The van der Waals surface area contributed by atoms with Crippen LogP contribution < -0.4 is 4.74 Å². The van der Waals surface area contributed by atoms with E-state index in [1.165, 1.54) is 24.4 Å². The van der Waals surface area contributed by atoms with Crippen molar-refractivity contribution >= 4 is 17.7 Å². The third-order valence-electron chi connectivity index (χ3n) is 3.17. The Bertz CT molecular complexity index is 769. The van der Waals surface area contributed by atoms with Gasteiger partial charge in [-0.05, 0) is 37.3 Å². The van der Waals surface area contributed by atoms with Crippen molar-refractivity contribution in [3.05, 3.63) is 63.7 Å². The fourth-order valence-electron chi connectivity index (χ4n) is 1.98. The number of nitrogens with zero attached hydrogens (tertiary/aromatic N) is 2. The number of hydrogen-bond donors (Lipinski definition) is 1. The molecular weight excluding hydrogens is 312 g/mol. The van der Waals surface area contributed by atoms with E-state index in [1.807, 2.05) is 6.92 Å². The molecule has 24 heavy (non-hydrogen) atoms. The second-order valence-corrected chi connectivity index (χ2v) is 4.85. The summed E-state index contributed by atoms with van der Waals surface area (Å²) in [5.41, 5.74) is 0.509. The Balaban J connectivity index is 2.04. The molecule has 0 saturated carbocycles. The molecule has 0 radical (unpaired) electrons. The Kier molecular flexibility index (Phi) is 5.62. The molecule has 2 aromatic carbocycles. The van der Waals surface area contributed by atoms with Gasteiger partial charge in [0.15, 0.2) is 5.78 Å². The summed E-state index contributed by atoms with van der Waals surface area (Å²) in [7, 11) is 0. The normalized spacial score (nSPS) is 10.7. The van der Waals surface area contributed by atoms with Crippen LogP contribution in [0.2, 0.25) is 0 Å². The van der Waals surface area contributed by atoms with Crippen molar-refractivity contribution < 1.29 is 19.6 Å². The molecular formula is C17H16N2O5. The van der Waals surface area contributed by atoms with Crippen molar-refractivity contribution in [2.75, 3.05) is 13.2 Å². The highest BCUT2D eigenvalue weighted by Crippen LogP contribution is 2.21. The van der Waals surface area contributed by atoms with E-state index < -0.39 is 4.92 Å². The van der Waals surface area contributed by atoms with E-state index in [0.29, 0.717) is 17.9 Å². The van der Waals surface area contributed by atoms with Crippen molar-refractivity contribution in [1.29, 1.82) is 0 Å². The number of ketones is 1. The average molecular weight is 328 g/mol. The molecule has 7 nitrogen and oxygen atoms in total. The summed E-state index contributed by atoms with van der Waals surface area (Å²) >= 11 is 0. The van der Waals surface area contributed by atoms with Crippen molar-refractivity contribution in [3.8, 4) is 11.5 Å². The number of non-ortho nitro benzene ring substituents is 1. The Hall–Kier alpha value is -3.22. The summed E-state index contributed by atoms with van der Waals surface area (Å²) in [4.78, 5) is 26.1. The Labute approximate surface area is 138 Å². The number of aliphatic imine (C=N–C) groups is 1. The highest BCUT2D eigenvalue weighted by molar-refractivity contribution is 5.99. The number of Topliss-reactive ketones (excluding diaryl/α,β-unsaturated/α-hetero) is 1. The average Bonchev–Trinajstić information content (AvgIpc) is 2.57. The van der Waals surface area contributed by atoms with E-state index >= 15 is 0 Å². The number of rotatable bonds is 7. The van der Waals surface area contributed by atoms with Crippen LogP contribution in [0, 0.1) is 10.1 Å². The maximum absolute atomic E-state index is 12.0. The maximum atomic E-state index is 12.0. The van der Waals surface area contributed by atoms with Gasteiger partial charge in [-0.2, -0.15) is 0 Å². The van der Waals surface area contributed by atoms with Crippen LogP contribution in [0.3, 0.4) is 0 Å². The predicted octanol–water partition coefficient (Wildman–Crippen LogP) is 3.00. The lowest BCUT2D eigenvalue weighted by Crippen LogP contribution is -2.04. The van der Waals surface area contributed by atoms with Gasteiger partial charge in [0.05, 0.1) is 11.5 Å². The molecule has 2 rings (SSSR count). The summed E-state index contributed by atoms with van der Waals surface area (Å²) < 4.78 is 5.30. The van der Waals surface area contributed by atoms with E-state index in [4.69, 9.17) is 4.74 Å². The Morgan fingerprint density at radius 3 is 2.62 bits per heavy atom. The van der Waals surface area contributed by atoms with E-state index in [1.54, 1.807) is 24.3 Å². The van der Waals surface area contributed by atoms with Gasteiger partial charge >= 0.3 is 0 Å². The van der Waals surface area contributed by atoms with Gasteiger partial charge in [-0.1, -0.05) is 0 Å². The Morgan fingerprint density at radius 1 is 1.29 bits per heavy atom. The standard InChI is InChI=1S/C17H16N2O5/c1-2-24-15-6-3-12(4-7-15)17(21)11-18-10-13-9-14(19(22)23)5-8-16(13)20/h3-10,20H,2,11H2,1H3. The number of hydrogen-bond acceptors (Lipinski definition) is 6. The van der Waals surface area contributed by atoms with Gasteiger partial charge in [0.25, 0.3) is 5.69 Å². The van der Waals surface area contributed by atoms with Crippen LogP contribution >= 0.6 is 0 Å². The molecule has 0 aliphatic heterocycles. The first-order valence-corrected chi connectivity index (χ1v) is 7.24. The van der Waals surface area contributed by atoms with Crippen molar-refractivity contribution in [3.63, 3.8) is 0 Å². The molecule has 0 saturated heterocycles. The summed E-state index contributed by atoms with van der Waals surface area (Å²) in [6.45, 7) is 2.29. The van der Waals surface area contributed by atoms with Gasteiger partial charge in [-0.3, -0.25) is 19.9 Å². The van der Waals surface area contributed by atoms with Crippen molar-refractivity contribution in [1.82, 2.24) is 0 Å². The molecule has 0 atom stereocenters. The van der Waals surface area contributed by atoms with Crippen LogP contribution in [-0.4, -0.2) is 35.2 Å². The van der Waals surface area contributed by atoms with E-state index in [9.17, 15) is 20.0 Å². The fraction of sp³-hybridized carbons (Fsp3) is 0.176. The molecule has 0 aliphatic carbocycles. The quantitative estimate of drug-likeness (QED) is 0.364. The number of phenolic OH excluding ortho intramolecular Hbond substituents is 1. The first-order valence-electron chi connectivity index (χ1n) is 7.24. The zero-order valence-corrected chi connectivity index (χ0v) is 13.0. The van der Waals surface area contributed by atoms with Gasteiger partial charge in [-0.25, -0.2) is 0 Å². The Morgan fingerprint density at radius 2 is 2.00 bits per heavy atom. The topological polar surface area (TPSA) is 102 Å². The minimum atomic E-state index is -0.568. The number of aromatic hydroxyl groups is 1. The number of carbonyl (C=O) groups is 1. The largest absolute Gasteiger partial charge is 0.507 e. The van der Waals surface area contributed by atoms with Gasteiger partial charge in [0, 0.05) is 29.5 Å². The zero-order valence-electron chi connectivity index (χ0n) is 13.0.